The first kappa shape index (κ1) is 15.8. The van der Waals surface area contributed by atoms with E-state index in [1.165, 1.54) is 6.07 Å². The quantitative estimate of drug-likeness (QED) is 0.494. The van der Waals surface area contributed by atoms with Crippen molar-refractivity contribution in [3.8, 4) is 0 Å². The summed E-state index contributed by atoms with van der Waals surface area (Å²) in [7, 11) is 0. The molecule has 3 N–H and O–H groups in total. The van der Waals surface area contributed by atoms with Gasteiger partial charge in [0.05, 0.1) is 16.7 Å². The van der Waals surface area contributed by atoms with Gasteiger partial charge in [0.2, 0.25) is 0 Å². The molecule has 1 unspecified atom stereocenters. The first-order valence-corrected chi connectivity index (χ1v) is 6.29. The van der Waals surface area contributed by atoms with Crippen LogP contribution in [0.4, 0.5) is 0 Å². The molecule has 0 saturated heterocycles. The van der Waals surface area contributed by atoms with E-state index in [0.29, 0.717) is 15.6 Å². The number of rotatable bonds is 5. The Morgan fingerprint density at radius 2 is 2.16 bits per heavy atom. The number of halogens is 2. The third-order valence-corrected chi connectivity index (χ3v) is 2.97. The van der Waals surface area contributed by atoms with E-state index in [2.05, 4.69) is 4.99 Å². The Balaban J connectivity index is 2.75. The minimum Gasteiger partial charge on any atom is -0.465 e. The summed E-state index contributed by atoms with van der Waals surface area (Å²) in [5, 5.41) is 10.6. The summed E-state index contributed by atoms with van der Waals surface area (Å²) in [5.41, 5.74) is 6.04. The number of ether oxygens (including phenoxy) is 1. The normalized spacial score (nSPS) is 13.2. The van der Waals surface area contributed by atoms with Crippen LogP contribution >= 0.6 is 23.2 Å². The van der Waals surface area contributed by atoms with Gasteiger partial charge < -0.3 is 15.6 Å². The van der Waals surface area contributed by atoms with E-state index in [-0.39, 0.29) is 19.0 Å². The maximum Gasteiger partial charge on any atom is 0.327 e. The number of aliphatic hydroxyl groups excluding tert-OH is 1. The highest BCUT2D eigenvalue weighted by Crippen LogP contribution is 2.25. The van der Waals surface area contributed by atoms with Crippen molar-refractivity contribution in [1.82, 2.24) is 0 Å². The Labute approximate surface area is 121 Å². The van der Waals surface area contributed by atoms with Gasteiger partial charge in [0.1, 0.15) is 18.5 Å². The molecule has 0 radical (unpaired) electrons. The fraction of sp³-hybridized carbons (Fsp3) is 0.333. The molecule has 0 saturated carbocycles. The Hall–Kier alpha value is -1.30. The van der Waals surface area contributed by atoms with E-state index in [1.54, 1.807) is 19.1 Å². The Morgan fingerprint density at radius 1 is 1.47 bits per heavy atom. The average Bonchev–Trinajstić information content (AvgIpc) is 2.38. The summed E-state index contributed by atoms with van der Waals surface area (Å²) in [6.07, 6.45) is -1.15. The van der Waals surface area contributed by atoms with E-state index >= 15 is 0 Å². The SMILES string of the molecule is CCOC(=O)CN=C(N)C(O)c1ccc(Cl)c(Cl)c1. The van der Waals surface area contributed by atoms with E-state index in [1.807, 2.05) is 0 Å². The Morgan fingerprint density at radius 3 is 2.74 bits per heavy atom. The van der Waals surface area contributed by atoms with Gasteiger partial charge in [0.15, 0.2) is 0 Å². The van der Waals surface area contributed by atoms with Crippen molar-refractivity contribution in [1.29, 1.82) is 0 Å². The van der Waals surface area contributed by atoms with Crippen LogP contribution < -0.4 is 5.73 Å². The van der Waals surface area contributed by atoms with Gasteiger partial charge >= 0.3 is 5.97 Å². The first-order valence-electron chi connectivity index (χ1n) is 5.54. The molecule has 0 aliphatic rings. The van der Waals surface area contributed by atoms with E-state index < -0.39 is 12.1 Å². The minimum absolute atomic E-state index is 0.0913. The van der Waals surface area contributed by atoms with Crippen LogP contribution in [0.1, 0.15) is 18.6 Å². The van der Waals surface area contributed by atoms with Crippen molar-refractivity contribution in [3.05, 3.63) is 33.8 Å². The molecule has 0 bridgehead atoms. The van der Waals surface area contributed by atoms with E-state index in [9.17, 15) is 9.90 Å². The van der Waals surface area contributed by atoms with Gasteiger partial charge in [-0.2, -0.15) is 0 Å². The van der Waals surface area contributed by atoms with Crippen LogP contribution in [0.3, 0.4) is 0 Å². The van der Waals surface area contributed by atoms with E-state index in [4.69, 9.17) is 33.7 Å². The highest BCUT2D eigenvalue weighted by atomic mass is 35.5. The van der Waals surface area contributed by atoms with Crippen LogP contribution in [0.5, 0.6) is 0 Å². The Bertz CT molecular complexity index is 492. The molecular weight excluding hydrogens is 291 g/mol. The lowest BCUT2D eigenvalue weighted by Gasteiger charge is -2.11. The second-order valence-corrected chi connectivity index (χ2v) is 4.44. The average molecular weight is 305 g/mol. The second-order valence-electron chi connectivity index (χ2n) is 3.62. The molecule has 5 nitrogen and oxygen atoms in total. The molecule has 7 heteroatoms. The van der Waals surface area contributed by atoms with Crippen molar-refractivity contribution in [2.24, 2.45) is 10.7 Å². The first-order chi connectivity index (χ1) is 8.95. The van der Waals surface area contributed by atoms with Crippen molar-refractivity contribution < 1.29 is 14.6 Å². The topological polar surface area (TPSA) is 84.9 Å². The highest BCUT2D eigenvalue weighted by molar-refractivity contribution is 6.42. The van der Waals surface area contributed by atoms with Crippen LogP contribution in [0.15, 0.2) is 23.2 Å². The summed E-state index contributed by atoms with van der Waals surface area (Å²) in [6.45, 7) is 1.72. The highest BCUT2D eigenvalue weighted by Gasteiger charge is 2.14. The molecule has 104 valence electrons. The van der Waals surface area contributed by atoms with Crippen LogP contribution in [-0.2, 0) is 9.53 Å². The standard InChI is InChI=1S/C12H14Cl2N2O3/c1-2-19-10(17)6-16-12(15)11(18)7-3-4-8(13)9(14)5-7/h3-5,11,18H,2,6H2,1H3,(H2,15,16). The maximum absolute atomic E-state index is 11.1. The molecule has 19 heavy (non-hydrogen) atoms. The fourth-order valence-corrected chi connectivity index (χ4v) is 1.61. The smallest absolute Gasteiger partial charge is 0.327 e. The lowest BCUT2D eigenvalue weighted by atomic mass is 10.1. The number of hydrogen-bond acceptors (Lipinski definition) is 4. The number of benzene rings is 1. The molecule has 1 atom stereocenters. The number of nitrogens with zero attached hydrogens (tertiary/aromatic N) is 1. The number of hydrogen-bond donors (Lipinski definition) is 2. The zero-order chi connectivity index (χ0) is 14.4. The molecule has 0 fully saturated rings. The van der Waals surface area contributed by atoms with Gasteiger partial charge in [0.25, 0.3) is 0 Å². The van der Waals surface area contributed by atoms with E-state index in [0.717, 1.165) is 0 Å². The summed E-state index contributed by atoms with van der Waals surface area (Å²) >= 11 is 11.6. The molecule has 0 amide bonds. The van der Waals surface area contributed by atoms with Gasteiger partial charge in [-0.1, -0.05) is 29.3 Å². The number of aliphatic hydroxyl groups is 1. The van der Waals surface area contributed by atoms with Crippen molar-refractivity contribution in [3.63, 3.8) is 0 Å². The third-order valence-electron chi connectivity index (χ3n) is 2.24. The van der Waals surface area contributed by atoms with Gasteiger partial charge in [-0.15, -0.1) is 0 Å². The molecular formula is C12H14Cl2N2O3. The molecule has 0 aliphatic heterocycles. The lowest BCUT2D eigenvalue weighted by Crippen LogP contribution is -2.23. The molecule has 1 aromatic carbocycles. The summed E-state index contributed by atoms with van der Waals surface area (Å²) in [4.78, 5) is 14.9. The number of aliphatic imine (C=N–C) groups is 1. The van der Waals surface area contributed by atoms with Gasteiger partial charge in [-0.3, -0.25) is 9.79 Å². The number of carbonyl (C=O) groups is 1. The molecule has 1 rings (SSSR count). The molecule has 0 aliphatic carbocycles. The van der Waals surface area contributed by atoms with Gasteiger partial charge in [-0.05, 0) is 24.6 Å². The predicted octanol–water partition coefficient (Wildman–Crippen LogP) is 1.95. The number of carbonyl (C=O) groups excluding carboxylic acids is 1. The number of amidine groups is 1. The zero-order valence-corrected chi connectivity index (χ0v) is 11.8. The molecule has 1 aromatic rings. The van der Waals surface area contributed by atoms with Crippen molar-refractivity contribution in [2.75, 3.05) is 13.2 Å². The lowest BCUT2D eigenvalue weighted by molar-refractivity contribution is -0.141. The Kier molecular flexibility index (Phi) is 6.08. The summed E-state index contributed by atoms with van der Waals surface area (Å²) in [6, 6.07) is 4.61. The second kappa shape index (κ2) is 7.33. The zero-order valence-electron chi connectivity index (χ0n) is 10.3. The van der Waals surface area contributed by atoms with Crippen LogP contribution in [-0.4, -0.2) is 30.1 Å². The van der Waals surface area contributed by atoms with Gasteiger partial charge in [-0.25, -0.2) is 0 Å². The summed E-state index contributed by atoms with van der Waals surface area (Å²) in [5.74, 6) is -0.599. The maximum atomic E-state index is 11.1. The molecule has 0 spiro atoms. The third kappa shape index (κ3) is 4.70. The van der Waals surface area contributed by atoms with Crippen molar-refractivity contribution >= 4 is 35.0 Å². The van der Waals surface area contributed by atoms with Crippen LogP contribution in [0.25, 0.3) is 0 Å². The monoisotopic (exact) mass is 304 g/mol. The largest absolute Gasteiger partial charge is 0.465 e. The predicted molar refractivity (Wildman–Crippen MR) is 74.5 cm³/mol. The number of esters is 1. The van der Waals surface area contributed by atoms with Crippen LogP contribution in [0, 0.1) is 0 Å². The van der Waals surface area contributed by atoms with Crippen molar-refractivity contribution in [2.45, 2.75) is 13.0 Å². The molecule has 0 heterocycles. The van der Waals surface area contributed by atoms with Crippen LogP contribution in [0.2, 0.25) is 10.0 Å². The van der Waals surface area contributed by atoms with Gasteiger partial charge in [0, 0.05) is 0 Å². The summed E-state index contributed by atoms with van der Waals surface area (Å²) < 4.78 is 4.69. The fourth-order valence-electron chi connectivity index (χ4n) is 1.30. The molecule has 0 aromatic heterocycles. The minimum atomic E-state index is -1.15. The number of nitrogens with two attached hydrogens (primary N) is 1.